The highest BCUT2D eigenvalue weighted by Crippen LogP contribution is 2.20. The zero-order chi connectivity index (χ0) is 16.0. The molecule has 0 fully saturated rings. The first-order chi connectivity index (χ1) is 9.73. The minimum absolute atomic E-state index is 0.118. The van der Waals surface area contributed by atoms with Gasteiger partial charge in [-0.05, 0) is 38.3 Å². The molecule has 1 aromatic carbocycles. The molecule has 1 unspecified atom stereocenters. The van der Waals surface area contributed by atoms with Gasteiger partial charge in [0.2, 0.25) is 0 Å². The minimum Gasteiger partial charge on any atom is -0.309 e. The molecule has 0 spiro atoms. The van der Waals surface area contributed by atoms with Crippen LogP contribution in [-0.2, 0) is 9.84 Å². The maximum atomic E-state index is 12.3. The highest BCUT2D eigenvalue weighted by atomic mass is 32.2. The van der Waals surface area contributed by atoms with Crippen LogP contribution >= 0.6 is 0 Å². The van der Waals surface area contributed by atoms with Crippen LogP contribution in [-0.4, -0.2) is 26.5 Å². The Morgan fingerprint density at radius 2 is 1.62 bits per heavy atom. The number of hydrogen-bond acceptors (Lipinski definition) is 3. The molecule has 21 heavy (non-hydrogen) atoms. The third-order valence-corrected chi connectivity index (χ3v) is 5.31. The van der Waals surface area contributed by atoms with Crippen LogP contribution in [0.5, 0.6) is 0 Å². The normalized spacial score (nSPS) is 13.6. The predicted octanol–water partition coefficient (Wildman–Crippen LogP) is 3.41. The van der Waals surface area contributed by atoms with Crippen LogP contribution in [0.25, 0.3) is 0 Å². The molecule has 0 amide bonds. The molecule has 0 saturated carbocycles. The Balaban J connectivity index is 3.00. The van der Waals surface area contributed by atoms with Crippen LogP contribution in [0, 0.1) is 19.8 Å². The summed E-state index contributed by atoms with van der Waals surface area (Å²) in [6.07, 6.45) is 0.992. The minimum atomic E-state index is -3.05. The van der Waals surface area contributed by atoms with E-state index in [0.29, 0.717) is 0 Å². The van der Waals surface area contributed by atoms with Crippen molar-refractivity contribution in [3.63, 3.8) is 0 Å². The molecular weight excluding hydrogens is 282 g/mol. The molecule has 0 bridgehead atoms. The van der Waals surface area contributed by atoms with Crippen LogP contribution in [0.3, 0.4) is 0 Å². The summed E-state index contributed by atoms with van der Waals surface area (Å²) in [5.74, 6) is 0.594. The van der Waals surface area contributed by atoms with Crippen molar-refractivity contribution >= 4 is 9.84 Å². The average molecular weight is 311 g/mol. The Morgan fingerprint density at radius 3 is 2.10 bits per heavy atom. The van der Waals surface area contributed by atoms with Gasteiger partial charge in [-0.15, -0.1) is 0 Å². The van der Waals surface area contributed by atoms with E-state index < -0.39 is 9.84 Å². The molecule has 120 valence electrons. The van der Waals surface area contributed by atoms with Gasteiger partial charge in [0.1, 0.15) is 0 Å². The first-order valence-electron chi connectivity index (χ1n) is 7.75. The van der Waals surface area contributed by atoms with Gasteiger partial charge >= 0.3 is 0 Å². The summed E-state index contributed by atoms with van der Waals surface area (Å²) < 4.78 is 24.6. The lowest BCUT2D eigenvalue weighted by atomic mass is 10.0. The van der Waals surface area contributed by atoms with Gasteiger partial charge in [0.15, 0.2) is 9.84 Å². The molecule has 1 atom stereocenters. The van der Waals surface area contributed by atoms with Crippen molar-refractivity contribution in [1.29, 1.82) is 0 Å². The summed E-state index contributed by atoms with van der Waals surface area (Å²) in [5, 5.41) is 3.39. The highest BCUT2D eigenvalue weighted by molar-refractivity contribution is 7.91. The van der Waals surface area contributed by atoms with E-state index in [9.17, 15) is 8.42 Å². The van der Waals surface area contributed by atoms with Gasteiger partial charge < -0.3 is 5.32 Å². The lowest BCUT2D eigenvalue weighted by molar-refractivity contribution is 0.540. The van der Waals surface area contributed by atoms with Gasteiger partial charge in [-0.1, -0.05) is 50.1 Å². The lowest BCUT2D eigenvalue weighted by Crippen LogP contribution is -2.30. The monoisotopic (exact) mass is 311 g/mol. The summed E-state index contributed by atoms with van der Waals surface area (Å²) in [6.45, 7) is 10.9. The molecule has 1 aromatic rings. The van der Waals surface area contributed by atoms with Crippen molar-refractivity contribution in [3.05, 3.63) is 34.9 Å². The van der Waals surface area contributed by atoms with Crippen molar-refractivity contribution < 1.29 is 8.42 Å². The average Bonchev–Trinajstić information content (AvgIpc) is 2.31. The van der Waals surface area contributed by atoms with E-state index in [2.05, 4.69) is 44.3 Å². The molecule has 1 N–H and O–H groups in total. The number of rotatable bonds is 8. The van der Waals surface area contributed by atoms with E-state index in [1.165, 1.54) is 11.1 Å². The van der Waals surface area contributed by atoms with E-state index in [1.807, 2.05) is 13.8 Å². The molecule has 0 aliphatic heterocycles. The number of benzene rings is 1. The Hall–Kier alpha value is -0.870. The fourth-order valence-electron chi connectivity index (χ4n) is 2.63. The van der Waals surface area contributed by atoms with Crippen LogP contribution in [0.1, 0.15) is 49.9 Å². The molecule has 4 heteroatoms. The lowest BCUT2D eigenvalue weighted by Gasteiger charge is -2.21. The van der Waals surface area contributed by atoms with Crippen LogP contribution < -0.4 is 5.32 Å². The molecule has 0 radical (unpaired) electrons. The van der Waals surface area contributed by atoms with E-state index >= 15 is 0 Å². The molecule has 1 rings (SSSR count). The first kappa shape index (κ1) is 18.2. The van der Waals surface area contributed by atoms with Gasteiger partial charge in [0, 0.05) is 6.04 Å². The largest absolute Gasteiger partial charge is 0.309 e. The van der Waals surface area contributed by atoms with Crippen molar-refractivity contribution in [2.24, 2.45) is 5.92 Å². The smallest absolute Gasteiger partial charge is 0.152 e. The quantitative estimate of drug-likeness (QED) is 0.800. The van der Waals surface area contributed by atoms with E-state index in [4.69, 9.17) is 0 Å². The highest BCUT2D eigenvalue weighted by Gasteiger charge is 2.21. The second-order valence-corrected chi connectivity index (χ2v) is 8.55. The van der Waals surface area contributed by atoms with Gasteiger partial charge in [-0.25, -0.2) is 8.42 Å². The van der Waals surface area contributed by atoms with E-state index in [-0.39, 0.29) is 23.5 Å². The number of hydrogen-bond donors (Lipinski definition) is 1. The van der Waals surface area contributed by atoms with E-state index in [0.717, 1.165) is 18.5 Å². The maximum Gasteiger partial charge on any atom is 0.152 e. The number of sulfone groups is 1. The third kappa shape index (κ3) is 6.62. The standard InChI is InChI=1S/C17H29NO2S/c1-6-7-18-17(12-21(19,20)11-13(2)3)16-9-14(4)8-15(5)10-16/h8-10,13,17-18H,6-7,11-12H2,1-5H3. The number of aryl methyl sites for hydroxylation is 2. The second-order valence-electron chi connectivity index (χ2n) is 6.40. The fourth-order valence-corrected chi connectivity index (χ4v) is 4.60. The Kier molecular flexibility index (Phi) is 6.88. The van der Waals surface area contributed by atoms with Crippen LogP contribution in [0.4, 0.5) is 0 Å². The molecule has 3 nitrogen and oxygen atoms in total. The van der Waals surface area contributed by atoms with Crippen molar-refractivity contribution in [3.8, 4) is 0 Å². The van der Waals surface area contributed by atoms with Crippen molar-refractivity contribution in [2.45, 2.75) is 47.1 Å². The van der Waals surface area contributed by atoms with E-state index in [1.54, 1.807) is 0 Å². The van der Waals surface area contributed by atoms with Crippen molar-refractivity contribution in [2.75, 3.05) is 18.1 Å². The Labute approximate surface area is 130 Å². The summed E-state index contributed by atoms with van der Waals surface area (Å²) in [5.41, 5.74) is 3.43. The Bertz CT molecular complexity index is 530. The van der Waals surface area contributed by atoms with Gasteiger partial charge in [-0.3, -0.25) is 0 Å². The van der Waals surface area contributed by atoms with Crippen LogP contribution in [0.2, 0.25) is 0 Å². The predicted molar refractivity (Wildman–Crippen MR) is 90.4 cm³/mol. The van der Waals surface area contributed by atoms with Crippen LogP contribution in [0.15, 0.2) is 18.2 Å². The van der Waals surface area contributed by atoms with Gasteiger partial charge in [0.05, 0.1) is 11.5 Å². The SMILES string of the molecule is CCCNC(CS(=O)(=O)CC(C)C)c1cc(C)cc(C)c1. The molecule has 0 heterocycles. The zero-order valence-corrected chi connectivity index (χ0v) is 14.8. The van der Waals surface area contributed by atoms with Crippen molar-refractivity contribution in [1.82, 2.24) is 5.32 Å². The molecule has 0 saturated heterocycles. The fraction of sp³-hybridized carbons (Fsp3) is 0.647. The maximum absolute atomic E-state index is 12.3. The third-order valence-electron chi connectivity index (χ3n) is 3.29. The first-order valence-corrected chi connectivity index (χ1v) is 9.57. The molecular formula is C17H29NO2S. The summed E-state index contributed by atoms with van der Waals surface area (Å²) >= 11 is 0. The molecule has 0 aliphatic carbocycles. The summed E-state index contributed by atoms with van der Waals surface area (Å²) in [4.78, 5) is 0. The second kappa shape index (κ2) is 7.95. The number of nitrogens with one attached hydrogen (secondary N) is 1. The summed E-state index contributed by atoms with van der Waals surface area (Å²) in [7, 11) is -3.05. The summed E-state index contributed by atoms with van der Waals surface area (Å²) in [6, 6.07) is 6.17. The topological polar surface area (TPSA) is 46.2 Å². The molecule has 0 aliphatic rings. The molecule has 0 aromatic heterocycles. The van der Waals surface area contributed by atoms with Gasteiger partial charge in [0.25, 0.3) is 0 Å². The van der Waals surface area contributed by atoms with Gasteiger partial charge in [-0.2, -0.15) is 0 Å². The Morgan fingerprint density at radius 1 is 1.05 bits per heavy atom. The zero-order valence-electron chi connectivity index (χ0n) is 13.9.